The topological polar surface area (TPSA) is 105 Å². The Kier molecular flexibility index (Phi) is 11.0. The Balaban J connectivity index is 1.74. The predicted octanol–water partition coefficient (Wildman–Crippen LogP) is 5.68. The van der Waals surface area contributed by atoms with Gasteiger partial charge in [-0.2, -0.15) is 0 Å². The van der Waals surface area contributed by atoms with Crippen LogP contribution in [-0.4, -0.2) is 57.5 Å². The molecule has 0 aromatic heterocycles. The summed E-state index contributed by atoms with van der Waals surface area (Å²) in [4.78, 5) is 28.7. The third-order valence-corrected chi connectivity index (χ3v) is 9.41. The van der Waals surface area contributed by atoms with Crippen LogP contribution in [0.4, 0.5) is 10.1 Å². The average Bonchev–Trinajstić information content (AvgIpc) is 3.00. The molecule has 13 heteroatoms. The van der Waals surface area contributed by atoms with Gasteiger partial charge in [0, 0.05) is 19.2 Å². The molecule has 1 aliphatic heterocycles. The van der Waals surface area contributed by atoms with Crippen LogP contribution in [0, 0.1) is 11.7 Å². The van der Waals surface area contributed by atoms with Crippen molar-refractivity contribution in [3.8, 4) is 11.5 Å². The van der Waals surface area contributed by atoms with Crippen molar-refractivity contribution in [2.75, 3.05) is 30.6 Å². The molecule has 0 saturated carbocycles. The number of hydrogen-bond acceptors (Lipinski definition) is 6. The molecule has 1 heterocycles. The minimum absolute atomic E-state index is 0.0509. The SMILES string of the molecule is CCC(C(=O)NCC(C)C)N(Cc1ccc(Cl)c(Cl)c1)C(=O)CN(c1ccc(F)cc1)S(=O)(=O)c1ccc2c(c1)OCCO2. The first-order valence-electron chi connectivity index (χ1n) is 14.1. The molecule has 1 unspecified atom stereocenters. The quantitative estimate of drug-likeness (QED) is 0.267. The molecule has 2 amide bonds. The first kappa shape index (κ1) is 33.4. The van der Waals surface area contributed by atoms with Crippen LogP contribution in [-0.2, 0) is 26.2 Å². The Morgan fingerprint density at radius 3 is 2.27 bits per heavy atom. The fraction of sp³-hybridized carbons (Fsp3) is 0.355. The second kappa shape index (κ2) is 14.5. The third kappa shape index (κ3) is 7.94. The van der Waals surface area contributed by atoms with Crippen molar-refractivity contribution in [3.63, 3.8) is 0 Å². The van der Waals surface area contributed by atoms with Crippen LogP contribution in [0.5, 0.6) is 11.5 Å². The summed E-state index contributed by atoms with van der Waals surface area (Å²) in [5.41, 5.74) is 0.646. The summed E-state index contributed by atoms with van der Waals surface area (Å²) in [7, 11) is -4.40. The van der Waals surface area contributed by atoms with Crippen LogP contribution >= 0.6 is 23.2 Å². The smallest absolute Gasteiger partial charge is 0.264 e. The lowest BCUT2D eigenvalue weighted by atomic mass is 10.1. The molecule has 3 aromatic carbocycles. The van der Waals surface area contributed by atoms with Crippen molar-refractivity contribution in [3.05, 3.63) is 82.1 Å². The van der Waals surface area contributed by atoms with E-state index in [0.29, 0.717) is 29.5 Å². The molecule has 0 aliphatic carbocycles. The monoisotopic (exact) mass is 665 g/mol. The van der Waals surface area contributed by atoms with Crippen molar-refractivity contribution in [2.24, 2.45) is 5.92 Å². The second-order valence-corrected chi connectivity index (χ2v) is 13.3. The van der Waals surface area contributed by atoms with Gasteiger partial charge in [-0.1, -0.05) is 50.0 Å². The molecule has 4 rings (SSSR count). The lowest BCUT2D eigenvalue weighted by molar-refractivity contribution is -0.140. The van der Waals surface area contributed by atoms with Crippen LogP contribution < -0.4 is 19.1 Å². The number of carbonyl (C=O) groups excluding carboxylic acids is 2. The number of fused-ring (bicyclic) bond motifs is 1. The number of nitrogens with one attached hydrogen (secondary N) is 1. The van der Waals surface area contributed by atoms with E-state index in [4.69, 9.17) is 32.7 Å². The molecular formula is C31H34Cl2FN3O6S. The number of anilines is 1. The van der Waals surface area contributed by atoms with E-state index in [-0.39, 0.29) is 52.8 Å². The van der Waals surface area contributed by atoms with E-state index < -0.39 is 34.3 Å². The number of rotatable bonds is 12. The third-order valence-electron chi connectivity index (χ3n) is 6.90. The molecule has 0 saturated heterocycles. The molecule has 1 atom stereocenters. The van der Waals surface area contributed by atoms with Gasteiger partial charge < -0.3 is 19.7 Å². The summed E-state index contributed by atoms with van der Waals surface area (Å²) in [5, 5.41) is 3.46. The number of nitrogens with zero attached hydrogens (tertiary/aromatic N) is 2. The maximum Gasteiger partial charge on any atom is 0.264 e. The first-order chi connectivity index (χ1) is 20.9. The van der Waals surface area contributed by atoms with E-state index in [2.05, 4.69) is 5.32 Å². The zero-order valence-corrected chi connectivity index (χ0v) is 26.9. The van der Waals surface area contributed by atoms with E-state index in [1.165, 1.54) is 35.2 Å². The number of amides is 2. The van der Waals surface area contributed by atoms with Gasteiger partial charge in [0.05, 0.1) is 20.6 Å². The van der Waals surface area contributed by atoms with Crippen molar-refractivity contribution in [1.29, 1.82) is 0 Å². The predicted molar refractivity (Wildman–Crippen MR) is 167 cm³/mol. The highest BCUT2D eigenvalue weighted by atomic mass is 35.5. The minimum Gasteiger partial charge on any atom is -0.486 e. The fourth-order valence-corrected chi connectivity index (χ4v) is 6.37. The Morgan fingerprint density at radius 1 is 0.955 bits per heavy atom. The minimum atomic E-state index is -4.40. The van der Waals surface area contributed by atoms with E-state index in [0.717, 1.165) is 16.4 Å². The Hall–Kier alpha value is -3.54. The van der Waals surface area contributed by atoms with Crippen molar-refractivity contribution in [2.45, 2.75) is 44.7 Å². The maximum atomic E-state index is 14.2. The summed E-state index contributed by atoms with van der Waals surface area (Å²) in [6.45, 7) is 5.89. The maximum absolute atomic E-state index is 14.2. The van der Waals surface area contributed by atoms with Crippen LogP contribution in [0.2, 0.25) is 10.0 Å². The van der Waals surface area contributed by atoms with Gasteiger partial charge in [-0.3, -0.25) is 13.9 Å². The van der Waals surface area contributed by atoms with Crippen molar-refractivity contribution in [1.82, 2.24) is 10.2 Å². The number of carbonyl (C=O) groups is 2. The second-order valence-electron chi connectivity index (χ2n) is 10.6. The van der Waals surface area contributed by atoms with Crippen LogP contribution in [0.25, 0.3) is 0 Å². The average molecular weight is 667 g/mol. The Morgan fingerprint density at radius 2 is 1.64 bits per heavy atom. The van der Waals surface area contributed by atoms with Crippen molar-refractivity contribution >= 4 is 50.7 Å². The fourth-order valence-electron chi connectivity index (χ4n) is 4.62. The van der Waals surface area contributed by atoms with Gasteiger partial charge in [0.2, 0.25) is 11.8 Å². The lowest BCUT2D eigenvalue weighted by Crippen LogP contribution is -2.52. The van der Waals surface area contributed by atoms with E-state index in [1.807, 2.05) is 13.8 Å². The van der Waals surface area contributed by atoms with Gasteiger partial charge in [0.25, 0.3) is 10.0 Å². The molecule has 0 fully saturated rings. The molecule has 3 aromatic rings. The molecule has 0 radical (unpaired) electrons. The van der Waals surface area contributed by atoms with Crippen LogP contribution in [0.3, 0.4) is 0 Å². The summed E-state index contributed by atoms with van der Waals surface area (Å²) in [5.74, 6) is -0.806. The normalized spacial score (nSPS) is 13.3. The zero-order chi connectivity index (χ0) is 32.0. The number of ether oxygens (including phenoxy) is 2. The van der Waals surface area contributed by atoms with Crippen LogP contribution in [0.1, 0.15) is 32.8 Å². The Bertz CT molecular complexity index is 1600. The molecule has 0 bridgehead atoms. The molecule has 236 valence electrons. The molecule has 44 heavy (non-hydrogen) atoms. The van der Waals surface area contributed by atoms with Gasteiger partial charge in [0.1, 0.15) is 31.6 Å². The van der Waals surface area contributed by atoms with E-state index in [1.54, 1.807) is 25.1 Å². The van der Waals surface area contributed by atoms with Crippen molar-refractivity contribution < 1.29 is 31.9 Å². The van der Waals surface area contributed by atoms with Gasteiger partial charge >= 0.3 is 0 Å². The number of sulfonamides is 1. The van der Waals surface area contributed by atoms with Crippen LogP contribution in [0.15, 0.2) is 65.6 Å². The van der Waals surface area contributed by atoms with Gasteiger partial charge in [-0.15, -0.1) is 0 Å². The summed E-state index contributed by atoms with van der Waals surface area (Å²) in [6.07, 6.45) is 0.252. The van der Waals surface area contributed by atoms with Gasteiger partial charge in [-0.25, -0.2) is 12.8 Å². The van der Waals surface area contributed by atoms with E-state index >= 15 is 0 Å². The largest absolute Gasteiger partial charge is 0.486 e. The molecule has 1 aliphatic rings. The zero-order valence-electron chi connectivity index (χ0n) is 24.6. The Labute approximate surface area is 266 Å². The molecule has 1 N–H and O–H groups in total. The molecule has 0 spiro atoms. The molecule has 9 nitrogen and oxygen atoms in total. The molecular weight excluding hydrogens is 632 g/mol. The number of halogens is 3. The highest BCUT2D eigenvalue weighted by Gasteiger charge is 2.34. The van der Waals surface area contributed by atoms with Gasteiger partial charge in [0.15, 0.2) is 11.5 Å². The summed E-state index contributed by atoms with van der Waals surface area (Å²) < 4.78 is 54.1. The summed E-state index contributed by atoms with van der Waals surface area (Å²) in [6, 6.07) is 12.8. The number of hydrogen-bond donors (Lipinski definition) is 1. The summed E-state index contributed by atoms with van der Waals surface area (Å²) >= 11 is 12.3. The number of benzene rings is 3. The highest BCUT2D eigenvalue weighted by molar-refractivity contribution is 7.92. The lowest BCUT2D eigenvalue weighted by Gasteiger charge is -2.33. The van der Waals surface area contributed by atoms with E-state index in [9.17, 15) is 22.4 Å². The van der Waals surface area contributed by atoms with Gasteiger partial charge in [-0.05, 0) is 66.4 Å². The highest BCUT2D eigenvalue weighted by Crippen LogP contribution is 2.34. The standard InChI is InChI=1S/C31H34Cl2FN3O6S/c1-4-27(31(39)35-17-20(2)3)36(18-21-5-11-25(32)26(33)15-21)30(38)19-37(23-8-6-22(34)7-9-23)44(40,41)24-10-12-28-29(16-24)43-14-13-42-28/h5-12,15-16,20,27H,4,13-14,17-19H2,1-3H3,(H,35,39). The first-order valence-corrected chi connectivity index (χ1v) is 16.3.